The minimum Gasteiger partial charge on any atom is -0.399 e. The fourth-order valence-corrected chi connectivity index (χ4v) is 2.51. The Hall–Kier alpha value is -1.75. The molecule has 108 valence electrons. The van der Waals surface area contributed by atoms with Crippen molar-refractivity contribution < 1.29 is 9.59 Å². The molecule has 1 aromatic rings. The minimum atomic E-state index is -0.248. The van der Waals surface area contributed by atoms with E-state index in [4.69, 9.17) is 17.3 Å². The van der Waals surface area contributed by atoms with Crippen LogP contribution in [0.3, 0.4) is 0 Å². The number of nitrogen functional groups attached to an aromatic ring is 1. The molecule has 2 amide bonds. The van der Waals surface area contributed by atoms with Crippen LogP contribution < -0.4 is 11.1 Å². The molecule has 1 unspecified atom stereocenters. The number of halogens is 1. The first-order valence-corrected chi connectivity index (χ1v) is 7.00. The van der Waals surface area contributed by atoms with Gasteiger partial charge in [0.25, 0.3) is 0 Å². The third-order valence-corrected chi connectivity index (χ3v) is 3.79. The van der Waals surface area contributed by atoms with Crippen LogP contribution in [0.2, 0.25) is 5.02 Å². The van der Waals surface area contributed by atoms with Gasteiger partial charge in [0.05, 0.1) is 17.3 Å². The molecule has 2 rings (SSSR count). The smallest absolute Gasteiger partial charge is 0.244 e. The number of carbonyl (C=O) groups is 2. The summed E-state index contributed by atoms with van der Waals surface area (Å²) < 4.78 is 0. The van der Waals surface area contributed by atoms with Gasteiger partial charge in [0.1, 0.15) is 0 Å². The van der Waals surface area contributed by atoms with Crippen LogP contribution in [-0.4, -0.2) is 29.8 Å². The number of nitrogens with two attached hydrogens (primary N) is 1. The van der Waals surface area contributed by atoms with Crippen LogP contribution in [0.4, 0.5) is 11.4 Å². The second-order valence-corrected chi connectivity index (χ2v) is 5.45. The molecule has 1 atom stereocenters. The van der Waals surface area contributed by atoms with Crippen LogP contribution in [0.25, 0.3) is 0 Å². The van der Waals surface area contributed by atoms with E-state index in [9.17, 15) is 9.59 Å². The number of rotatable bonds is 4. The number of likely N-dealkylation sites (tertiary alicyclic amines) is 1. The summed E-state index contributed by atoms with van der Waals surface area (Å²) in [6.07, 6.45) is 1.49. The van der Waals surface area contributed by atoms with Crippen molar-refractivity contribution in [3.8, 4) is 0 Å². The first-order chi connectivity index (χ1) is 9.49. The van der Waals surface area contributed by atoms with E-state index in [2.05, 4.69) is 12.2 Å². The third kappa shape index (κ3) is 3.42. The number of carbonyl (C=O) groups excluding carboxylic acids is 2. The Morgan fingerprint density at radius 2 is 2.30 bits per heavy atom. The summed E-state index contributed by atoms with van der Waals surface area (Å²) in [5.74, 6) is 0.146. The van der Waals surface area contributed by atoms with E-state index in [1.807, 2.05) is 0 Å². The number of hydrogen-bond acceptors (Lipinski definition) is 3. The molecule has 0 saturated carbocycles. The Labute approximate surface area is 123 Å². The maximum Gasteiger partial charge on any atom is 0.244 e. The van der Waals surface area contributed by atoms with Crippen LogP contribution in [0.1, 0.15) is 19.8 Å². The van der Waals surface area contributed by atoms with Gasteiger partial charge in [-0.2, -0.15) is 0 Å². The average Bonchev–Trinajstić information content (AvgIpc) is 2.74. The molecule has 1 aliphatic heterocycles. The van der Waals surface area contributed by atoms with E-state index in [0.717, 1.165) is 6.42 Å². The monoisotopic (exact) mass is 295 g/mol. The van der Waals surface area contributed by atoms with Crippen molar-refractivity contribution in [3.05, 3.63) is 23.2 Å². The second kappa shape index (κ2) is 6.13. The van der Waals surface area contributed by atoms with Gasteiger partial charge in [0, 0.05) is 18.7 Å². The van der Waals surface area contributed by atoms with Crippen molar-refractivity contribution in [1.82, 2.24) is 4.90 Å². The van der Waals surface area contributed by atoms with Crippen molar-refractivity contribution in [1.29, 1.82) is 0 Å². The normalized spacial score (nSPS) is 18.4. The van der Waals surface area contributed by atoms with E-state index in [0.29, 0.717) is 35.3 Å². The molecular formula is C14H18ClN3O2. The van der Waals surface area contributed by atoms with Gasteiger partial charge < -0.3 is 16.0 Å². The van der Waals surface area contributed by atoms with Gasteiger partial charge in [-0.1, -0.05) is 24.9 Å². The summed E-state index contributed by atoms with van der Waals surface area (Å²) >= 11 is 5.99. The molecule has 5 nitrogen and oxygen atoms in total. The van der Waals surface area contributed by atoms with Crippen LogP contribution in [0, 0.1) is 5.92 Å². The zero-order chi connectivity index (χ0) is 14.7. The fraction of sp³-hybridized carbons (Fsp3) is 0.429. The molecule has 1 fully saturated rings. The molecule has 0 aromatic heterocycles. The van der Waals surface area contributed by atoms with Gasteiger partial charge >= 0.3 is 0 Å². The molecule has 6 heteroatoms. The Morgan fingerprint density at radius 1 is 1.55 bits per heavy atom. The Bertz CT molecular complexity index is 533. The van der Waals surface area contributed by atoms with Gasteiger partial charge in [-0.25, -0.2) is 0 Å². The predicted octanol–water partition coefficient (Wildman–Crippen LogP) is 2.12. The molecular weight excluding hydrogens is 278 g/mol. The lowest BCUT2D eigenvalue weighted by Gasteiger charge is -2.16. The molecule has 20 heavy (non-hydrogen) atoms. The highest BCUT2D eigenvalue weighted by molar-refractivity contribution is 6.34. The van der Waals surface area contributed by atoms with E-state index in [1.54, 1.807) is 23.1 Å². The molecule has 0 aliphatic carbocycles. The van der Waals surface area contributed by atoms with Crippen molar-refractivity contribution in [2.75, 3.05) is 24.1 Å². The first kappa shape index (κ1) is 14.7. The quantitative estimate of drug-likeness (QED) is 0.836. The molecule has 3 N–H and O–H groups in total. The number of benzene rings is 1. The number of anilines is 2. The van der Waals surface area contributed by atoms with Gasteiger partial charge in [-0.3, -0.25) is 9.59 Å². The highest BCUT2D eigenvalue weighted by Crippen LogP contribution is 2.24. The SMILES string of the molecule is CCC1CC(=O)N(CC(=O)Nc2ccc(N)cc2Cl)C1. The van der Waals surface area contributed by atoms with Gasteiger partial charge in [-0.15, -0.1) is 0 Å². The predicted molar refractivity (Wildman–Crippen MR) is 79.5 cm³/mol. The van der Waals surface area contributed by atoms with Crippen LogP contribution in [0.5, 0.6) is 0 Å². The number of nitrogens with zero attached hydrogens (tertiary/aromatic N) is 1. The van der Waals surface area contributed by atoms with Crippen molar-refractivity contribution >= 4 is 34.8 Å². The maximum atomic E-state index is 12.0. The lowest BCUT2D eigenvalue weighted by molar-refractivity contribution is -0.131. The van der Waals surface area contributed by atoms with Crippen LogP contribution >= 0.6 is 11.6 Å². The van der Waals surface area contributed by atoms with Crippen LogP contribution in [0.15, 0.2) is 18.2 Å². The molecule has 0 bridgehead atoms. The summed E-state index contributed by atoms with van der Waals surface area (Å²) in [5, 5.41) is 3.08. The molecule has 1 saturated heterocycles. The summed E-state index contributed by atoms with van der Waals surface area (Å²) in [6.45, 7) is 2.77. The largest absolute Gasteiger partial charge is 0.399 e. The summed E-state index contributed by atoms with van der Waals surface area (Å²) in [5.41, 5.74) is 6.63. The lowest BCUT2D eigenvalue weighted by atomic mass is 10.1. The van der Waals surface area contributed by atoms with E-state index in [-0.39, 0.29) is 18.4 Å². The van der Waals surface area contributed by atoms with Gasteiger partial charge in [0.2, 0.25) is 11.8 Å². The minimum absolute atomic E-state index is 0.0374. The second-order valence-electron chi connectivity index (χ2n) is 5.04. The number of nitrogens with one attached hydrogen (secondary N) is 1. The van der Waals surface area contributed by atoms with E-state index >= 15 is 0 Å². The Morgan fingerprint density at radius 3 is 2.90 bits per heavy atom. The van der Waals surface area contributed by atoms with Crippen molar-refractivity contribution in [3.63, 3.8) is 0 Å². The highest BCUT2D eigenvalue weighted by atomic mass is 35.5. The Kier molecular flexibility index (Phi) is 4.49. The van der Waals surface area contributed by atoms with Crippen molar-refractivity contribution in [2.24, 2.45) is 5.92 Å². The standard InChI is InChI=1S/C14H18ClN3O2/c1-2-9-5-14(20)18(7-9)8-13(19)17-12-4-3-10(16)6-11(12)15/h3-4,6,9H,2,5,7-8,16H2,1H3,(H,17,19). The third-order valence-electron chi connectivity index (χ3n) is 3.47. The zero-order valence-electron chi connectivity index (χ0n) is 11.4. The Balaban J connectivity index is 1.94. The zero-order valence-corrected chi connectivity index (χ0v) is 12.1. The number of hydrogen-bond donors (Lipinski definition) is 2. The highest BCUT2D eigenvalue weighted by Gasteiger charge is 2.29. The molecule has 1 heterocycles. The average molecular weight is 296 g/mol. The molecule has 0 spiro atoms. The summed E-state index contributed by atoms with van der Waals surface area (Å²) in [7, 11) is 0. The summed E-state index contributed by atoms with van der Waals surface area (Å²) in [4.78, 5) is 25.3. The van der Waals surface area contributed by atoms with Crippen LogP contribution in [-0.2, 0) is 9.59 Å². The molecule has 0 radical (unpaired) electrons. The van der Waals surface area contributed by atoms with E-state index in [1.165, 1.54) is 0 Å². The van der Waals surface area contributed by atoms with Crippen molar-refractivity contribution in [2.45, 2.75) is 19.8 Å². The maximum absolute atomic E-state index is 12.0. The van der Waals surface area contributed by atoms with Gasteiger partial charge in [-0.05, 0) is 24.1 Å². The summed E-state index contributed by atoms with van der Waals surface area (Å²) in [6, 6.07) is 4.89. The van der Waals surface area contributed by atoms with Gasteiger partial charge in [0.15, 0.2) is 0 Å². The first-order valence-electron chi connectivity index (χ1n) is 6.62. The number of amides is 2. The lowest BCUT2D eigenvalue weighted by Crippen LogP contribution is -2.34. The van der Waals surface area contributed by atoms with E-state index < -0.39 is 0 Å². The molecule has 1 aromatic carbocycles. The topological polar surface area (TPSA) is 75.4 Å². The fourth-order valence-electron chi connectivity index (χ4n) is 2.28. The molecule has 1 aliphatic rings.